The highest BCUT2D eigenvalue weighted by Crippen LogP contribution is 2.35. The Morgan fingerprint density at radius 2 is 1.81 bits per heavy atom. The number of hydrogen-bond donors (Lipinski definition) is 0. The number of hydrogen-bond acceptors (Lipinski definition) is 1. The summed E-state index contributed by atoms with van der Waals surface area (Å²) >= 11 is 0. The number of aryl methyl sites for hydroxylation is 1. The Morgan fingerprint density at radius 3 is 2.52 bits per heavy atom. The molecule has 0 fully saturated rings. The van der Waals surface area contributed by atoms with Crippen molar-refractivity contribution < 1.29 is 4.43 Å². The van der Waals surface area contributed by atoms with Crippen LogP contribution in [0, 0.1) is 5.92 Å². The van der Waals surface area contributed by atoms with E-state index in [1.54, 1.807) is 5.19 Å². The van der Waals surface area contributed by atoms with Crippen LogP contribution in [-0.2, 0) is 10.8 Å². The Balaban J connectivity index is 1.94. The number of allylic oxidation sites excluding steroid dienone is 2. The lowest BCUT2D eigenvalue weighted by Crippen LogP contribution is -2.58. The topological polar surface area (TPSA) is 9.23 Å². The quantitative estimate of drug-likeness (QED) is 0.751. The number of fused-ring (bicyclic) bond motifs is 1. The molecule has 1 heterocycles. The Hall–Kier alpha value is -1.12. The van der Waals surface area contributed by atoms with E-state index in [2.05, 4.69) is 69.3 Å². The summed E-state index contributed by atoms with van der Waals surface area (Å²) in [4.78, 5) is 0. The third kappa shape index (κ3) is 2.67. The van der Waals surface area contributed by atoms with Crippen LogP contribution >= 0.6 is 0 Å². The highest BCUT2D eigenvalue weighted by Gasteiger charge is 2.45. The molecule has 2 aliphatic rings. The maximum atomic E-state index is 6.89. The van der Waals surface area contributed by atoms with E-state index in [-0.39, 0.29) is 6.10 Å². The summed E-state index contributed by atoms with van der Waals surface area (Å²) in [6.45, 7) is 6.97. The highest BCUT2D eigenvalue weighted by atomic mass is 28.4. The lowest BCUT2D eigenvalue weighted by atomic mass is 10.1. The van der Waals surface area contributed by atoms with Gasteiger partial charge in [0.2, 0.25) is 8.32 Å². The molecule has 112 valence electrons. The molecule has 21 heavy (non-hydrogen) atoms. The van der Waals surface area contributed by atoms with E-state index >= 15 is 0 Å². The second-order valence-electron chi connectivity index (χ2n) is 6.73. The molecule has 3 rings (SSSR count). The van der Waals surface area contributed by atoms with Crippen molar-refractivity contribution in [1.82, 2.24) is 0 Å². The molecule has 0 radical (unpaired) electrons. The fraction of sp³-hybridized carbons (Fsp3) is 0.474. The minimum Gasteiger partial charge on any atom is -0.409 e. The molecule has 0 bridgehead atoms. The van der Waals surface area contributed by atoms with Gasteiger partial charge in [-0.15, -0.1) is 0 Å². The summed E-state index contributed by atoms with van der Waals surface area (Å²) in [5.74, 6) is 0.446. The average Bonchev–Trinajstić information content (AvgIpc) is 3.01. The zero-order chi connectivity index (χ0) is 14.9. The highest BCUT2D eigenvalue weighted by molar-refractivity contribution is 6.88. The normalized spacial score (nSPS) is 26.3. The van der Waals surface area contributed by atoms with Gasteiger partial charge in [-0.1, -0.05) is 62.4 Å². The molecule has 1 aromatic rings. The van der Waals surface area contributed by atoms with Crippen molar-refractivity contribution in [3.63, 3.8) is 0 Å². The van der Waals surface area contributed by atoms with E-state index < -0.39 is 8.32 Å². The summed E-state index contributed by atoms with van der Waals surface area (Å²) < 4.78 is 6.89. The van der Waals surface area contributed by atoms with Crippen LogP contribution in [0.2, 0.25) is 11.6 Å². The Labute approximate surface area is 129 Å². The van der Waals surface area contributed by atoms with Crippen LogP contribution < -0.4 is 5.19 Å². The molecule has 2 atom stereocenters. The van der Waals surface area contributed by atoms with Crippen LogP contribution in [0.1, 0.15) is 32.8 Å². The average molecular weight is 299 g/mol. The first-order chi connectivity index (χ1) is 10.1. The van der Waals surface area contributed by atoms with Crippen molar-refractivity contribution in [2.24, 2.45) is 5.92 Å². The van der Waals surface area contributed by atoms with E-state index in [0.717, 1.165) is 0 Å². The second-order valence-corrected chi connectivity index (χ2v) is 10.9. The predicted octanol–water partition coefficient (Wildman–Crippen LogP) is 4.34. The Morgan fingerprint density at radius 1 is 1.10 bits per heavy atom. The Bertz CT molecular complexity index is 548. The zero-order valence-corrected chi connectivity index (χ0v) is 14.4. The molecule has 0 amide bonds. The van der Waals surface area contributed by atoms with Crippen molar-refractivity contribution in [2.45, 2.75) is 51.3 Å². The van der Waals surface area contributed by atoms with Gasteiger partial charge in [-0.25, -0.2) is 0 Å². The molecule has 0 unspecified atom stereocenters. The van der Waals surface area contributed by atoms with Crippen LogP contribution in [0.4, 0.5) is 0 Å². The molecule has 0 saturated carbocycles. The second kappa shape index (κ2) is 5.94. The molecular weight excluding hydrogens is 272 g/mol. The van der Waals surface area contributed by atoms with Gasteiger partial charge in [-0.3, -0.25) is 0 Å². The largest absolute Gasteiger partial charge is 0.409 e. The van der Waals surface area contributed by atoms with Crippen molar-refractivity contribution in [2.75, 3.05) is 0 Å². The fourth-order valence-electron chi connectivity index (χ4n) is 3.86. The van der Waals surface area contributed by atoms with Gasteiger partial charge in [0, 0.05) is 5.92 Å². The summed E-state index contributed by atoms with van der Waals surface area (Å²) in [5, 5.41) is 1.56. The van der Waals surface area contributed by atoms with Gasteiger partial charge < -0.3 is 4.43 Å². The maximum absolute atomic E-state index is 6.89. The maximum Gasteiger partial charge on any atom is 0.227 e. The van der Waals surface area contributed by atoms with Crippen LogP contribution in [0.3, 0.4) is 0 Å². The van der Waals surface area contributed by atoms with Gasteiger partial charge in [0.05, 0.1) is 6.10 Å². The van der Waals surface area contributed by atoms with Crippen LogP contribution in [-0.4, -0.2) is 14.4 Å². The minimum atomic E-state index is -1.88. The summed E-state index contributed by atoms with van der Waals surface area (Å²) in [7, 11) is -1.88. The van der Waals surface area contributed by atoms with Crippen LogP contribution in [0.25, 0.3) is 0 Å². The standard InChI is InChI=1S/C19H26OSi/c1-15(2)21(20-16(3)17-9-4-5-10-17)14-8-12-18-11-6-7-13-19(18)21/h4-7,9-11,13,15-17H,8,12,14H2,1-3H3/t16-,21-/m0/s1. The van der Waals surface area contributed by atoms with E-state index in [4.69, 9.17) is 4.43 Å². The van der Waals surface area contributed by atoms with E-state index in [9.17, 15) is 0 Å². The Kier molecular flexibility index (Phi) is 4.18. The van der Waals surface area contributed by atoms with Gasteiger partial charge >= 0.3 is 0 Å². The van der Waals surface area contributed by atoms with E-state index in [1.165, 1.54) is 24.4 Å². The number of rotatable bonds is 4. The van der Waals surface area contributed by atoms with Crippen LogP contribution in [0.5, 0.6) is 0 Å². The van der Waals surface area contributed by atoms with Gasteiger partial charge in [0.1, 0.15) is 0 Å². The lowest BCUT2D eigenvalue weighted by molar-refractivity contribution is 0.181. The van der Waals surface area contributed by atoms with Gasteiger partial charge in [0.15, 0.2) is 0 Å². The van der Waals surface area contributed by atoms with Gasteiger partial charge in [0.25, 0.3) is 0 Å². The van der Waals surface area contributed by atoms with Crippen molar-refractivity contribution >= 4 is 13.5 Å². The molecule has 0 N–H and O–H groups in total. The SMILES string of the molecule is CC(C)[Si@@]1(O[C@@H](C)C2C=CC=C2)CCCc2ccccc21. The first kappa shape index (κ1) is 14.8. The lowest BCUT2D eigenvalue weighted by Gasteiger charge is -2.42. The van der Waals surface area contributed by atoms with Gasteiger partial charge in [-0.2, -0.15) is 0 Å². The molecule has 0 spiro atoms. The van der Waals surface area contributed by atoms with Gasteiger partial charge in [-0.05, 0) is 42.1 Å². The third-order valence-electron chi connectivity index (χ3n) is 5.12. The smallest absolute Gasteiger partial charge is 0.227 e. The van der Waals surface area contributed by atoms with Crippen molar-refractivity contribution in [1.29, 1.82) is 0 Å². The minimum absolute atomic E-state index is 0.278. The van der Waals surface area contributed by atoms with E-state index in [1.807, 2.05) is 0 Å². The van der Waals surface area contributed by atoms with E-state index in [0.29, 0.717) is 11.5 Å². The molecule has 2 heteroatoms. The summed E-state index contributed by atoms with van der Waals surface area (Å²) in [5.41, 5.74) is 2.16. The molecule has 1 nitrogen and oxygen atoms in total. The zero-order valence-electron chi connectivity index (χ0n) is 13.4. The molecule has 1 aliphatic carbocycles. The predicted molar refractivity (Wildman–Crippen MR) is 92.4 cm³/mol. The first-order valence-corrected chi connectivity index (χ1v) is 10.4. The monoisotopic (exact) mass is 298 g/mol. The first-order valence-electron chi connectivity index (χ1n) is 8.25. The summed E-state index contributed by atoms with van der Waals surface area (Å²) in [6, 6.07) is 10.3. The molecular formula is C19H26OSi. The molecule has 0 saturated heterocycles. The van der Waals surface area contributed by atoms with Crippen molar-refractivity contribution in [3.8, 4) is 0 Å². The molecule has 1 aliphatic heterocycles. The van der Waals surface area contributed by atoms with Crippen LogP contribution in [0.15, 0.2) is 48.6 Å². The van der Waals surface area contributed by atoms with Crippen molar-refractivity contribution in [3.05, 3.63) is 54.1 Å². The fourth-order valence-corrected chi connectivity index (χ4v) is 8.50. The molecule has 1 aromatic carbocycles. The third-order valence-corrected chi connectivity index (χ3v) is 10.3. The molecule has 0 aromatic heterocycles. The number of benzene rings is 1. The summed E-state index contributed by atoms with van der Waals surface area (Å²) in [6.07, 6.45) is 11.6.